The third-order valence-corrected chi connectivity index (χ3v) is 3.13. The van der Waals surface area contributed by atoms with Gasteiger partial charge in [0, 0.05) is 17.7 Å². The third kappa shape index (κ3) is 3.79. The molecule has 0 radical (unpaired) electrons. The highest BCUT2D eigenvalue weighted by Crippen LogP contribution is 2.27. The molecule has 0 saturated carbocycles. The minimum Gasteiger partial charge on any atom is -0.489 e. The van der Waals surface area contributed by atoms with Crippen molar-refractivity contribution < 1.29 is 14.8 Å². The summed E-state index contributed by atoms with van der Waals surface area (Å²) in [6.07, 6.45) is -0.634. The molecule has 2 aromatic carbocycles. The number of aliphatic hydroxyl groups is 1. The molecule has 5 nitrogen and oxygen atoms in total. The zero-order valence-electron chi connectivity index (χ0n) is 11.9. The quantitative estimate of drug-likeness (QED) is 0.674. The van der Waals surface area contributed by atoms with Crippen LogP contribution in [0.5, 0.6) is 5.75 Å². The predicted octanol–water partition coefficient (Wildman–Crippen LogP) is 3.54. The lowest BCUT2D eigenvalue weighted by Gasteiger charge is -2.14. The van der Waals surface area contributed by atoms with Gasteiger partial charge in [0.15, 0.2) is 0 Å². The molecule has 1 atom stereocenters. The number of aryl methyl sites for hydroxylation is 1. The van der Waals surface area contributed by atoms with E-state index in [1.54, 1.807) is 25.1 Å². The van der Waals surface area contributed by atoms with Crippen molar-refractivity contribution >= 4 is 5.69 Å². The van der Waals surface area contributed by atoms with Gasteiger partial charge in [0.1, 0.15) is 12.4 Å². The van der Waals surface area contributed by atoms with E-state index < -0.39 is 11.0 Å². The average Bonchev–Trinajstić information content (AvgIpc) is 2.46. The number of nitrogens with zero attached hydrogens (tertiary/aromatic N) is 1. The van der Waals surface area contributed by atoms with Gasteiger partial charge in [0.2, 0.25) is 0 Å². The van der Waals surface area contributed by atoms with E-state index in [4.69, 9.17) is 4.74 Å². The standard InChI is InChI=1S/C16H17NO4/c1-11-6-7-16(15(8-11)12(2)18)21-10-13-4-3-5-14(9-13)17(19)20/h3-9,12,18H,10H2,1-2H3. The molecule has 0 aromatic heterocycles. The van der Waals surface area contributed by atoms with Crippen LogP contribution in [-0.2, 0) is 6.61 Å². The molecular formula is C16H17NO4. The van der Waals surface area contributed by atoms with Crippen LogP contribution in [0.2, 0.25) is 0 Å². The second-order valence-corrected chi connectivity index (χ2v) is 4.93. The van der Waals surface area contributed by atoms with Crippen molar-refractivity contribution in [2.45, 2.75) is 26.6 Å². The van der Waals surface area contributed by atoms with Crippen LogP contribution in [0.25, 0.3) is 0 Å². The van der Waals surface area contributed by atoms with Crippen molar-refractivity contribution in [1.29, 1.82) is 0 Å². The first-order chi connectivity index (χ1) is 9.97. The molecule has 0 heterocycles. The molecule has 1 unspecified atom stereocenters. The second-order valence-electron chi connectivity index (χ2n) is 4.93. The molecule has 0 aliphatic heterocycles. The van der Waals surface area contributed by atoms with Crippen molar-refractivity contribution in [1.82, 2.24) is 0 Å². The number of nitro benzene ring substituents is 1. The maximum Gasteiger partial charge on any atom is 0.269 e. The Morgan fingerprint density at radius 1 is 1.29 bits per heavy atom. The Labute approximate surface area is 123 Å². The fourth-order valence-electron chi connectivity index (χ4n) is 2.05. The molecule has 0 fully saturated rings. The van der Waals surface area contributed by atoms with Crippen LogP contribution < -0.4 is 4.74 Å². The Balaban J connectivity index is 2.16. The Kier molecular flexibility index (Phi) is 4.55. The van der Waals surface area contributed by atoms with Gasteiger partial charge >= 0.3 is 0 Å². The number of aliphatic hydroxyl groups excluding tert-OH is 1. The lowest BCUT2D eigenvalue weighted by atomic mass is 10.1. The first-order valence-electron chi connectivity index (χ1n) is 6.62. The first kappa shape index (κ1) is 15.0. The van der Waals surface area contributed by atoms with Gasteiger partial charge in [-0.2, -0.15) is 0 Å². The lowest BCUT2D eigenvalue weighted by Crippen LogP contribution is -2.02. The van der Waals surface area contributed by atoms with Crippen LogP contribution in [0.1, 0.15) is 29.7 Å². The number of hydrogen-bond acceptors (Lipinski definition) is 4. The minimum absolute atomic E-state index is 0.0377. The van der Waals surface area contributed by atoms with E-state index in [1.807, 2.05) is 19.1 Å². The number of nitro groups is 1. The van der Waals surface area contributed by atoms with Crippen LogP contribution in [0, 0.1) is 17.0 Å². The summed E-state index contributed by atoms with van der Waals surface area (Å²) in [5, 5.41) is 20.5. The Bertz CT molecular complexity index is 652. The average molecular weight is 287 g/mol. The Morgan fingerprint density at radius 2 is 2.05 bits per heavy atom. The van der Waals surface area contributed by atoms with Gasteiger partial charge in [0.25, 0.3) is 5.69 Å². The summed E-state index contributed by atoms with van der Waals surface area (Å²) in [7, 11) is 0. The van der Waals surface area contributed by atoms with Gasteiger partial charge in [0.05, 0.1) is 11.0 Å². The lowest BCUT2D eigenvalue weighted by molar-refractivity contribution is -0.384. The maximum atomic E-state index is 10.7. The van der Waals surface area contributed by atoms with Crippen molar-refractivity contribution in [3.05, 3.63) is 69.3 Å². The van der Waals surface area contributed by atoms with Crippen LogP contribution in [-0.4, -0.2) is 10.0 Å². The van der Waals surface area contributed by atoms with E-state index in [0.29, 0.717) is 16.9 Å². The molecule has 0 spiro atoms. The zero-order valence-corrected chi connectivity index (χ0v) is 11.9. The summed E-state index contributed by atoms with van der Waals surface area (Å²) >= 11 is 0. The summed E-state index contributed by atoms with van der Waals surface area (Å²) in [6.45, 7) is 3.83. The fourth-order valence-corrected chi connectivity index (χ4v) is 2.05. The molecular weight excluding hydrogens is 270 g/mol. The van der Waals surface area contributed by atoms with Crippen molar-refractivity contribution in [3.63, 3.8) is 0 Å². The van der Waals surface area contributed by atoms with E-state index >= 15 is 0 Å². The monoisotopic (exact) mass is 287 g/mol. The number of hydrogen-bond donors (Lipinski definition) is 1. The van der Waals surface area contributed by atoms with Crippen molar-refractivity contribution in [2.24, 2.45) is 0 Å². The normalized spacial score (nSPS) is 12.0. The van der Waals surface area contributed by atoms with Crippen LogP contribution in [0.4, 0.5) is 5.69 Å². The molecule has 0 saturated heterocycles. The molecule has 1 N–H and O–H groups in total. The molecule has 0 aliphatic carbocycles. The Morgan fingerprint density at radius 3 is 2.71 bits per heavy atom. The van der Waals surface area contributed by atoms with Crippen LogP contribution in [0.15, 0.2) is 42.5 Å². The van der Waals surface area contributed by atoms with Gasteiger partial charge in [-0.05, 0) is 31.5 Å². The Hall–Kier alpha value is -2.40. The first-order valence-corrected chi connectivity index (χ1v) is 6.62. The van der Waals surface area contributed by atoms with Gasteiger partial charge in [-0.25, -0.2) is 0 Å². The summed E-state index contributed by atoms with van der Waals surface area (Å²) in [4.78, 5) is 10.3. The smallest absolute Gasteiger partial charge is 0.269 e. The second kappa shape index (κ2) is 6.37. The van der Waals surface area contributed by atoms with Crippen LogP contribution >= 0.6 is 0 Å². The molecule has 0 bridgehead atoms. The highest BCUT2D eigenvalue weighted by molar-refractivity contribution is 5.39. The maximum absolute atomic E-state index is 10.7. The van der Waals surface area contributed by atoms with Crippen molar-refractivity contribution in [2.75, 3.05) is 0 Å². The molecule has 21 heavy (non-hydrogen) atoms. The highest BCUT2D eigenvalue weighted by atomic mass is 16.6. The minimum atomic E-state index is -0.634. The largest absolute Gasteiger partial charge is 0.489 e. The fraction of sp³-hybridized carbons (Fsp3) is 0.250. The number of benzene rings is 2. The topological polar surface area (TPSA) is 72.6 Å². The molecule has 0 amide bonds. The number of rotatable bonds is 5. The van der Waals surface area contributed by atoms with E-state index in [2.05, 4.69) is 0 Å². The van der Waals surface area contributed by atoms with Gasteiger partial charge < -0.3 is 9.84 Å². The number of ether oxygens (including phenoxy) is 1. The van der Waals surface area contributed by atoms with E-state index in [0.717, 1.165) is 5.56 Å². The molecule has 5 heteroatoms. The number of non-ortho nitro benzene ring substituents is 1. The van der Waals surface area contributed by atoms with Gasteiger partial charge in [-0.1, -0.05) is 23.8 Å². The summed E-state index contributed by atoms with van der Waals surface area (Å²) < 4.78 is 5.69. The summed E-state index contributed by atoms with van der Waals surface area (Å²) in [5.41, 5.74) is 2.49. The zero-order chi connectivity index (χ0) is 15.4. The molecule has 2 rings (SSSR count). The van der Waals surface area contributed by atoms with Gasteiger partial charge in [-0.3, -0.25) is 10.1 Å². The van der Waals surface area contributed by atoms with E-state index in [1.165, 1.54) is 12.1 Å². The molecule has 0 aliphatic rings. The highest BCUT2D eigenvalue weighted by Gasteiger charge is 2.11. The van der Waals surface area contributed by atoms with E-state index in [-0.39, 0.29) is 12.3 Å². The van der Waals surface area contributed by atoms with Crippen LogP contribution in [0.3, 0.4) is 0 Å². The molecule has 2 aromatic rings. The summed E-state index contributed by atoms with van der Waals surface area (Å²) in [5.74, 6) is 0.585. The van der Waals surface area contributed by atoms with Gasteiger partial charge in [-0.15, -0.1) is 0 Å². The molecule has 110 valence electrons. The van der Waals surface area contributed by atoms with Crippen molar-refractivity contribution in [3.8, 4) is 5.75 Å². The predicted molar refractivity (Wildman–Crippen MR) is 79.2 cm³/mol. The SMILES string of the molecule is Cc1ccc(OCc2cccc([N+](=O)[O-])c2)c(C(C)O)c1. The third-order valence-electron chi connectivity index (χ3n) is 3.13. The van der Waals surface area contributed by atoms with E-state index in [9.17, 15) is 15.2 Å². The summed E-state index contributed by atoms with van der Waals surface area (Å²) in [6, 6.07) is 11.9.